The van der Waals surface area contributed by atoms with E-state index in [1.165, 1.54) is 0 Å². The number of fused-ring (bicyclic) bond motifs is 1. The van der Waals surface area contributed by atoms with Gasteiger partial charge in [0.25, 0.3) is 5.91 Å². The second kappa shape index (κ2) is 6.44. The van der Waals surface area contributed by atoms with Gasteiger partial charge in [0.15, 0.2) is 5.65 Å². The molecule has 130 valence electrons. The molecular weight excluding hydrogens is 338 g/mol. The summed E-state index contributed by atoms with van der Waals surface area (Å²) in [6.45, 7) is 9.07. The minimum absolute atomic E-state index is 0.0738. The molecule has 0 atom stereocenters. The van der Waals surface area contributed by atoms with Crippen molar-refractivity contribution in [2.45, 2.75) is 34.2 Å². The van der Waals surface area contributed by atoms with E-state index >= 15 is 0 Å². The van der Waals surface area contributed by atoms with Crippen LogP contribution in [0.1, 0.15) is 36.7 Å². The summed E-state index contributed by atoms with van der Waals surface area (Å²) in [7, 11) is 0. The second-order valence-electron chi connectivity index (χ2n) is 7.28. The smallest absolute Gasteiger partial charge is 0.258 e. The molecule has 0 spiro atoms. The summed E-state index contributed by atoms with van der Waals surface area (Å²) in [4.78, 5) is 20.8. The monoisotopic (exact) mass is 357 g/mol. The zero-order valence-electron chi connectivity index (χ0n) is 14.7. The van der Waals surface area contributed by atoms with Gasteiger partial charge < -0.3 is 0 Å². The van der Waals surface area contributed by atoms with E-state index in [4.69, 9.17) is 11.6 Å². The van der Waals surface area contributed by atoms with Gasteiger partial charge in [-0.1, -0.05) is 50.1 Å². The summed E-state index contributed by atoms with van der Waals surface area (Å²) in [5.74, 6) is -0.145. The topological polar surface area (TPSA) is 72.7 Å². The van der Waals surface area contributed by atoms with Crippen LogP contribution in [0.15, 0.2) is 30.5 Å². The highest BCUT2D eigenvalue weighted by atomic mass is 35.5. The third-order valence-electron chi connectivity index (χ3n) is 3.56. The number of rotatable bonds is 3. The molecular formula is C18H20ClN5O. The Morgan fingerprint density at radius 1 is 1.20 bits per heavy atom. The number of nitrogens with zero attached hydrogens (tertiary/aromatic N) is 4. The van der Waals surface area contributed by atoms with Crippen molar-refractivity contribution in [3.8, 4) is 0 Å². The van der Waals surface area contributed by atoms with Crippen LogP contribution in [0.4, 0.5) is 5.95 Å². The number of aryl methyl sites for hydroxylation is 1. The van der Waals surface area contributed by atoms with Gasteiger partial charge in [-0.15, -0.1) is 0 Å². The maximum Gasteiger partial charge on any atom is 0.258 e. The predicted octanol–water partition coefficient (Wildman–Crippen LogP) is 4.09. The van der Waals surface area contributed by atoms with Crippen LogP contribution >= 0.6 is 11.6 Å². The molecule has 1 aromatic carbocycles. The van der Waals surface area contributed by atoms with E-state index in [0.29, 0.717) is 16.6 Å². The van der Waals surface area contributed by atoms with Gasteiger partial charge in [-0.3, -0.25) is 14.8 Å². The Morgan fingerprint density at radius 3 is 2.52 bits per heavy atom. The maximum absolute atomic E-state index is 12.3. The highest BCUT2D eigenvalue weighted by molar-refractivity contribution is 6.34. The zero-order valence-corrected chi connectivity index (χ0v) is 15.4. The molecule has 0 unspecified atom stereocenters. The number of carbonyl (C=O) groups excluding carboxylic acids is 1. The Balaban J connectivity index is 1.87. The van der Waals surface area contributed by atoms with Gasteiger partial charge >= 0.3 is 0 Å². The molecule has 2 aromatic heterocycles. The van der Waals surface area contributed by atoms with Crippen molar-refractivity contribution in [2.24, 2.45) is 5.41 Å². The summed E-state index contributed by atoms with van der Waals surface area (Å²) in [6, 6.07) is 7.26. The third kappa shape index (κ3) is 4.14. The first-order chi connectivity index (χ1) is 11.7. The maximum atomic E-state index is 12.3. The number of aromatic nitrogens is 4. The average molecular weight is 358 g/mol. The van der Waals surface area contributed by atoms with Gasteiger partial charge in [-0.25, -0.2) is 0 Å². The second-order valence-corrected chi connectivity index (χ2v) is 7.64. The molecule has 0 bridgehead atoms. The van der Waals surface area contributed by atoms with Crippen molar-refractivity contribution in [1.82, 2.24) is 19.7 Å². The van der Waals surface area contributed by atoms with Gasteiger partial charge in [0.2, 0.25) is 5.95 Å². The van der Waals surface area contributed by atoms with Crippen LogP contribution in [0, 0.1) is 12.3 Å². The quantitative estimate of drug-likeness (QED) is 0.716. The van der Waals surface area contributed by atoms with E-state index in [9.17, 15) is 4.79 Å². The lowest BCUT2D eigenvalue weighted by atomic mass is 9.97. The fourth-order valence-corrected chi connectivity index (χ4v) is 2.63. The summed E-state index contributed by atoms with van der Waals surface area (Å²) >= 11 is 6.24. The Labute approximate surface area is 151 Å². The molecule has 6 nitrogen and oxygen atoms in total. The minimum atomic E-state index is -0.287. The lowest BCUT2D eigenvalue weighted by Crippen LogP contribution is -2.15. The SMILES string of the molecule is Cc1ccc(C(=O)Nc2nc(Cl)c3cn(CC(C)(C)C)nc3n2)cc1. The fraction of sp³-hybridized carbons (Fsp3) is 0.333. The first-order valence-corrected chi connectivity index (χ1v) is 8.38. The number of hydrogen-bond acceptors (Lipinski definition) is 4. The van der Waals surface area contributed by atoms with Crippen molar-refractivity contribution in [3.63, 3.8) is 0 Å². The lowest BCUT2D eigenvalue weighted by Gasteiger charge is -2.17. The van der Waals surface area contributed by atoms with E-state index in [-0.39, 0.29) is 22.4 Å². The summed E-state index contributed by atoms with van der Waals surface area (Å²) in [6.07, 6.45) is 1.83. The van der Waals surface area contributed by atoms with E-state index in [1.54, 1.807) is 16.8 Å². The number of nitrogens with one attached hydrogen (secondary N) is 1. The predicted molar refractivity (Wildman–Crippen MR) is 98.9 cm³/mol. The minimum Gasteiger partial charge on any atom is -0.290 e. The standard InChI is InChI=1S/C18H20ClN5O/c1-11-5-7-12(8-6-11)16(25)22-17-20-14(19)13-9-24(10-18(2,3)4)23-15(13)21-17/h5-9H,10H2,1-4H3,(H,21,22,23,25). The van der Waals surface area contributed by atoms with Gasteiger partial charge in [0.05, 0.1) is 5.39 Å². The molecule has 1 amide bonds. The normalized spacial score (nSPS) is 11.7. The number of amides is 1. The molecule has 3 aromatic rings. The van der Waals surface area contributed by atoms with Gasteiger partial charge in [-0.2, -0.15) is 15.1 Å². The summed E-state index contributed by atoms with van der Waals surface area (Å²) < 4.78 is 1.80. The Morgan fingerprint density at radius 2 is 1.88 bits per heavy atom. The van der Waals surface area contributed by atoms with Gasteiger partial charge in [0.1, 0.15) is 5.15 Å². The molecule has 0 fully saturated rings. The van der Waals surface area contributed by atoms with E-state index < -0.39 is 0 Å². The molecule has 1 N–H and O–H groups in total. The van der Waals surface area contributed by atoms with Crippen LogP contribution in [0.5, 0.6) is 0 Å². The van der Waals surface area contributed by atoms with Crippen molar-refractivity contribution in [3.05, 3.63) is 46.7 Å². The van der Waals surface area contributed by atoms with Crippen LogP contribution in [-0.4, -0.2) is 25.7 Å². The van der Waals surface area contributed by atoms with Gasteiger partial charge in [-0.05, 0) is 24.5 Å². The Kier molecular flexibility index (Phi) is 4.47. The molecule has 7 heteroatoms. The van der Waals surface area contributed by atoms with Crippen molar-refractivity contribution >= 4 is 34.5 Å². The number of hydrogen-bond donors (Lipinski definition) is 1. The molecule has 0 radical (unpaired) electrons. The van der Waals surface area contributed by atoms with Crippen molar-refractivity contribution in [2.75, 3.05) is 5.32 Å². The largest absolute Gasteiger partial charge is 0.290 e. The van der Waals surface area contributed by atoms with Crippen molar-refractivity contribution in [1.29, 1.82) is 0 Å². The van der Waals surface area contributed by atoms with Crippen LogP contribution in [0.3, 0.4) is 0 Å². The van der Waals surface area contributed by atoms with Gasteiger partial charge in [0, 0.05) is 18.3 Å². The molecule has 0 saturated carbocycles. The van der Waals surface area contributed by atoms with E-state index in [1.807, 2.05) is 25.3 Å². The number of anilines is 1. The fourth-order valence-electron chi connectivity index (χ4n) is 2.42. The molecule has 0 aliphatic carbocycles. The number of halogens is 1. The molecule has 0 aliphatic rings. The molecule has 3 rings (SSSR count). The van der Waals surface area contributed by atoms with Crippen molar-refractivity contribution < 1.29 is 4.79 Å². The van der Waals surface area contributed by atoms with E-state index in [2.05, 4.69) is 41.2 Å². The third-order valence-corrected chi connectivity index (χ3v) is 3.84. The van der Waals surface area contributed by atoms with Crippen LogP contribution in [0.2, 0.25) is 5.15 Å². The molecule has 0 saturated heterocycles. The Bertz CT molecular complexity index is 925. The number of carbonyl (C=O) groups is 1. The molecule has 25 heavy (non-hydrogen) atoms. The molecule has 0 aliphatic heterocycles. The summed E-state index contributed by atoms with van der Waals surface area (Å²) in [5.41, 5.74) is 2.15. The highest BCUT2D eigenvalue weighted by Crippen LogP contribution is 2.23. The van der Waals surface area contributed by atoms with Crippen LogP contribution in [0.25, 0.3) is 11.0 Å². The van der Waals surface area contributed by atoms with Crippen LogP contribution < -0.4 is 5.32 Å². The van der Waals surface area contributed by atoms with E-state index in [0.717, 1.165) is 12.1 Å². The highest BCUT2D eigenvalue weighted by Gasteiger charge is 2.16. The van der Waals surface area contributed by atoms with Crippen LogP contribution in [-0.2, 0) is 6.54 Å². The first-order valence-electron chi connectivity index (χ1n) is 8.00. The average Bonchev–Trinajstić information content (AvgIpc) is 2.88. The molecule has 2 heterocycles. The summed E-state index contributed by atoms with van der Waals surface area (Å²) in [5, 5.41) is 8.05. The lowest BCUT2D eigenvalue weighted by molar-refractivity contribution is 0.102. The zero-order chi connectivity index (χ0) is 18.2. The first kappa shape index (κ1) is 17.4. The number of benzene rings is 1. The Hall–Kier alpha value is -2.47.